The largest absolute Gasteiger partial charge is 0.493 e. The molecule has 2 rings (SSSR count). The van der Waals surface area contributed by atoms with Gasteiger partial charge >= 0.3 is 0 Å². The fourth-order valence-electron chi connectivity index (χ4n) is 1.87. The fourth-order valence-corrected chi connectivity index (χ4v) is 2.00. The summed E-state index contributed by atoms with van der Waals surface area (Å²) in [6, 6.07) is 15.5. The van der Waals surface area contributed by atoms with Gasteiger partial charge in [0.15, 0.2) is 16.7 Å². The van der Waals surface area contributed by atoms with Crippen LogP contribution in [0.1, 0.15) is 11.1 Å². The predicted molar refractivity (Wildman–Crippen MR) is 96.5 cm³/mol. The first-order valence-electron chi connectivity index (χ1n) is 6.98. The van der Waals surface area contributed by atoms with Gasteiger partial charge in [0.25, 0.3) is 0 Å². The third-order valence-electron chi connectivity index (χ3n) is 3.02. The lowest BCUT2D eigenvalue weighted by Crippen LogP contribution is -2.04. The van der Waals surface area contributed by atoms with E-state index in [1.165, 1.54) is 11.8 Å². The molecule has 0 bridgehead atoms. The van der Waals surface area contributed by atoms with Crippen LogP contribution >= 0.6 is 11.8 Å². The third-order valence-corrected chi connectivity index (χ3v) is 3.52. The Morgan fingerprint density at radius 3 is 2.65 bits per heavy atom. The van der Waals surface area contributed by atoms with Crippen molar-refractivity contribution >= 4 is 23.1 Å². The van der Waals surface area contributed by atoms with Gasteiger partial charge in [-0.1, -0.05) is 48.2 Å². The van der Waals surface area contributed by atoms with Gasteiger partial charge in [-0.05, 0) is 24.0 Å². The number of hydrogen-bond acceptors (Lipinski definition) is 5. The van der Waals surface area contributed by atoms with Crippen LogP contribution in [0, 0.1) is 0 Å². The normalized spacial score (nSPS) is 11.7. The zero-order chi connectivity index (χ0) is 16.5. The number of benzene rings is 2. The van der Waals surface area contributed by atoms with Gasteiger partial charge in [-0.15, -0.1) is 5.10 Å². The number of rotatable bonds is 6. The van der Waals surface area contributed by atoms with Crippen LogP contribution in [-0.4, -0.2) is 24.7 Å². The monoisotopic (exact) mass is 329 g/mol. The lowest BCUT2D eigenvalue weighted by molar-refractivity contribution is 0.284. The maximum atomic E-state index is 5.93. The average Bonchev–Trinajstić information content (AvgIpc) is 2.60. The van der Waals surface area contributed by atoms with Gasteiger partial charge in [-0.2, -0.15) is 5.10 Å². The number of thioether (sulfide) groups is 1. The highest BCUT2D eigenvalue weighted by Gasteiger charge is 2.09. The molecule has 0 aliphatic carbocycles. The Labute approximate surface area is 140 Å². The van der Waals surface area contributed by atoms with E-state index in [9.17, 15) is 0 Å². The van der Waals surface area contributed by atoms with E-state index in [2.05, 4.69) is 10.2 Å². The Kier molecular flexibility index (Phi) is 6.50. The maximum absolute atomic E-state index is 5.93. The molecule has 120 valence electrons. The summed E-state index contributed by atoms with van der Waals surface area (Å²) in [6.07, 6.45) is 3.44. The second-order valence-corrected chi connectivity index (χ2v) is 5.37. The van der Waals surface area contributed by atoms with Crippen molar-refractivity contribution in [3.8, 4) is 11.5 Å². The molecule has 2 aromatic rings. The lowest BCUT2D eigenvalue weighted by Gasteiger charge is -2.13. The number of ether oxygens (including phenoxy) is 2. The Bertz CT molecular complexity index is 687. The average molecular weight is 329 g/mol. The first kappa shape index (κ1) is 16.9. The third kappa shape index (κ3) is 5.03. The summed E-state index contributed by atoms with van der Waals surface area (Å²) in [5.41, 5.74) is 7.46. The number of hydrogen-bond donors (Lipinski definition) is 1. The van der Waals surface area contributed by atoms with Crippen molar-refractivity contribution < 1.29 is 9.47 Å². The van der Waals surface area contributed by atoms with E-state index in [0.29, 0.717) is 23.3 Å². The summed E-state index contributed by atoms with van der Waals surface area (Å²) in [5, 5.41) is 8.27. The second-order valence-electron chi connectivity index (χ2n) is 4.54. The van der Waals surface area contributed by atoms with Crippen molar-refractivity contribution in [1.29, 1.82) is 0 Å². The molecule has 0 fully saturated rings. The van der Waals surface area contributed by atoms with Gasteiger partial charge in [0, 0.05) is 5.56 Å². The molecule has 5 nitrogen and oxygen atoms in total. The molecule has 0 radical (unpaired) electrons. The molecule has 0 heterocycles. The summed E-state index contributed by atoms with van der Waals surface area (Å²) < 4.78 is 11.3. The molecule has 0 atom stereocenters. The quantitative estimate of drug-likeness (QED) is 0.501. The minimum absolute atomic E-state index is 0.399. The zero-order valence-corrected chi connectivity index (χ0v) is 13.9. The van der Waals surface area contributed by atoms with Gasteiger partial charge in [0.05, 0.1) is 13.3 Å². The van der Waals surface area contributed by atoms with Gasteiger partial charge in [-0.25, -0.2) is 0 Å². The molecule has 0 unspecified atom stereocenters. The fraction of sp³-hybridized carbons (Fsp3) is 0.176. The highest BCUT2D eigenvalue weighted by Crippen LogP contribution is 2.30. The number of nitrogens with two attached hydrogens (primary N) is 1. The van der Waals surface area contributed by atoms with Crippen molar-refractivity contribution in [2.75, 3.05) is 13.4 Å². The van der Waals surface area contributed by atoms with E-state index in [4.69, 9.17) is 15.2 Å². The van der Waals surface area contributed by atoms with E-state index in [1.54, 1.807) is 13.3 Å². The summed E-state index contributed by atoms with van der Waals surface area (Å²) >= 11 is 1.34. The van der Waals surface area contributed by atoms with E-state index in [0.717, 1.165) is 11.1 Å². The van der Waals surface area contributed by atoms with Gasteiger partial charge in [0.1, 0.15) is 6.61 Å². The molecule has 0 aromatic heterocycles. The van der Waals surface area contributed by atoms with Crippen LogP contribution < -0.4 is 15.2 Å². The molecular weight excluding hydrogens is 310 g/mol. The number of amidine groups is 1. The van der Waals surface area contributed by atoms with Crippen LogP contribution in [0.25, 0.3) is 0 Å². The summed E-state index contributed by atoms with van der Waals surface area (Å²) in [6.45, 7) is 0.443. The van der Waals surface area contributed by atoms with Gasteiger partial charge < -0.3 is 15.2 Å². The maximum Gasteiger partial charge on any atom is 0.180 e. The van der Waals surface area contributed by atoms with Crippen molar-refractivity contribution in [3.05, 3.63) is 59.7 Å². The van der Waals surface area contributed by atoms with Crippen LogP contribution in [0.3, 0.4) is 0 Å². The summed E-state index contributed by atoms with van der Waals surface area (Å²) in [4.78, 5) is 0. The Morgan fingerprint density at radius 2 is 1.96 bits per heavy atom. The topological polar surface area (TPSA) is 69.2 Å². The smallest absolute Gasteiger partial charge is 0.180 e. The minimum atomic E-state index is 0.399. The van der Waals surface area contributed by atoms with E-state index in [-0.39, 0.29) is 0 Å². The molecule has 0 saturated carbocycles. The highest BCUT2D eigenvalue weighted by molar-refractivity contribution is 8.13. The minimum Gasteiger partial charge on any atom is -0.493 e. The standard InChI is InChI=1S/C17H19N3O2S/c1-21-15-10-6-9-14(11-19-20-17(18)23-2)16(15)22-12-13-7-4-3-5-8-13/h3-11H,12H2,1-2H3,(H2,18,20)/b19-11-. The Morgan fingerprint density at radius 1 is 1.17 bits per heavy atom. The molecule has 0 spiro atoms. The van der Waals surface area contributed by atoms with Gasteiger partial charge in [0.2, 0.25) is 0 Å². The van der Waals surface area contributed by atoms with E-state index >= 15 is 0 Å². The zero-order valence-electron chi connectivity index (χ0n) is 13.1. The lowest BCUT2D eigenvalue weighted by atomic mass is 10.2. The van der Waals surface area contributed by atoms with Crippen molar-refractivity contribution in [2.24, 2.45) is 15.9 Å². The molecule has 0 aliphatic heterocycles. The number of methoxy groups -OCH3 is 1. The van der Waals surface area contributed by atoms with E-state index in [1.807, 2.05) is 54.8 Å². The van der Waals surface area contributed by atoms with Gasteiger partial charge in [-0.3, -0.25) is 0 Å². The molecule has 0 aliphatic rings. The Hall–Kier alpha value is -2.47. The van der Waals surface area contributed by atoms with Crippen LogP contribution in [0.4, 0.5) is 0 Å². The molecule has 2 aromatic carbocycles. The predicted octanol–water partition coefficient (Wildman–Crippen LogP) is 3.29. The molecular formula is C17H19N3O2S. The molecule has 2 N–H and O–H groups in total. The summed E-state index contributed by atoms with van der Waals surface area (Å²) in [5.74, 6) is 1.27. The first-order valence-corrected chi connectivity index (χ1v) is 8.21. The van der Waals surface area contributed by atoms with Crippen molar-refractivity contribution in [3.63, 3.8) is 0 Å². The highest BCUT2D eigenvalue weighted by atomic mass is 32.2. The SMILES string of the molecule is COc1cccc(/C=N\N=C(/N)SC)c1OCc1ccccc1. The van der Waals surface area contributed by atoms with Crippen LogP contribution in [0.15, 0.2) is 58.7 Å². The summed E-state index contributed by atoms with van der Waals surface area (Å²) in [7, 11) is 1.61. The second kappa shape index (κ2) is 8.85. The van der Waals surface area contributed by atoms with Crippen molar-refractivity contribution in [2.45, 2.75) is 6.61 Å². The number of para-hydroxylation sites is 1. The van der Waals surface area contributed by atoms with Crippen LogP contribution in [0.5, 0.6) is 11.5 Å². The van der Waals surface area contributed by atoms with Crippen LogP contribution in [-0.2, 0) is 6.61 Å². The molecule has 6 heteroatoms. The van der Waals surface area contributed by atoms with E-state index < -0.39 is 0 Å². The molecule has 0 amide bonds. The molecule has 0 saturated heterocycles. The number of nitrogens with zero attached hydrogens (tertiary/aromatic N) is 2. The Balaban J connectivity index is 2.21. The molecule has 23 heavy (non-hydrogen) atoms. The van der Waals surface area contributed by atoms with Crippen molar-refractivity contribution in [1.82, 2.24) is 0 Å². The van der Waals surface area contributed by atoms with Crippen LogP contribution in [0.2, 0.25) is 0 Å². The first-order chi connectivity index (χ1) is 11.2.